The minimum atomic E-state index is -0.0160. The summed E-state index contributed by atoms with van der Waals surface area (Å²) in [5.41, 5.74) is 2.67. The number of nitrogens with one attached hydrogen (secondary N) is 1. The Bertz CT molecular complexity index is 683. The molecule has 2 N–H and O–H groups in total. The third-order valence-electron chi connectivity index (χ3n) is 3.30. The van der Waals surface area contributed by atoms with Crippen molar-refractivity contribution < 1.29 is 9.84 Å². The van der Waals surface area contributed by atoms with Crippen LogP contribution < -0.4 is 10.1 Å². The number of unbranched alkanes of at least 4 members (excludes halogenated alkanes) is 1. The molecule has 0 aromatic heterocycles. The van der Waals surface area contributed by atoms with Crippen LogP contribution in [0.25, 0.3) is 0 Å². The highest BCUT2D eigenvalue weighted by Gasteiger charge is 2.03. The van der Waals surface area contributed by atoms with Gasteiger partial charge in [-0.15, -0.1) is 0 Å². The second kappa shape index (κ2) is 9.04. The predicted molar refractivity (Wildman–Crippen MR) is 91.5 cm³/mol. The van der Waals surface area contributed by atoms with Gasteiger partial charge >= 0.3 is 0 Å². The van der Waals surface area contributed by atoms with Crippen molar-refractivity contribution >= 4 is 17.3 Å². The van der Waals surface area contributed by atoms with Gasteiger partial charge < -0.3 is 15.2 Å². The molecule has 0 amide bonds. The number of aliphatic hydroxyl groups is 1. The second-order valence-corrected chi connectivity index (χ2v) is 5.49. The maximum absolute atomic E-state index is 9.19. The molecule has 0 atom stereocenters. The summed E-state index contributed by atoms with van der Waals surface area (Å²) < 4.78 is 5.62. The molecule has 0 saturated heterocycles. The van der Waals surface area contributed by atoms with Gasteiger partial charge in [-0.2, -0.15) is 5.26 Å². The van der Waals surface area contributed by atoms with E-state index < -0.39 is 0 Å². The number of anilines is 1. The number of rotatable bonds is 8. The highest BCUT2D eigenvalue weighted by molar-refractivity contribution is 6.33. The average molecular weight is 331 g/mol. The van der Waals surface area contributed by atoms with E-state index in [4.69, 9.17) is 21.6 Å². The van der Waals surface area contributed by atoms with Crippen LogP contribution in [0.3, 0.4) is 0 Å². The lowest BCUT2D eigenvalue weighted by atomic mass is 10.2. The highest BCUT2D eigenvalue weighted by Crippen LogP contribution is 2.24. The molecule has 5 heteroatoms. The Labute approximate surface area is 141 Å². The van der Waals surface area contributed by atoms with Crippen LogP contribution in [0.15, 0.2) is 42.5 Å². The zero-order valence-electron chi connectivity index (χ0n) is 12.8. The van der Waals surface area contributed by atoms with Crippen molar-refractivity contribution in [3.63, 3.8) is 0 Å². The molecular weight excluding hydrogens is 312 g/mol. The third kappa shape index (κ3) is 5.48. The molecular formula is C18H19ClN2O2. The minimum absolute atomic E-state index is 0.0160. The monoisotopic (exact) mass is 330 g/mol. The summed E-state index contributed by atoms with van der Waals surface area (Å²) in [4.78, 5) is 0. The van der Waals surface area contributed by atoms with Gasteiger partial charge in [-0.1, -0.05) is 29.8 Å². The molecule has 2 aromatic rings. The topological polar surface area (TPSA) is 65.3 Å². The van der Waals surface area contributed by atoms with E-state index in [-0.39, 0.29) is 6.61 Å². The van der Waals surface area contributed by atoms with Crippen LogP contribution >= 0.6 is 11.6 Å². The fourth-order valence-electron chi connectivity index (χ4n) is 2.09. The molecule has 0 unspecified atom stereocenters. The largest absolute Gasteiger partial charge is 0.494 e. The fourth-order valence-corrected chi connectivity index (χ4v) is 2.27. The van der Waals surface area contributed by atoms with E-state index in [0.717, 1.165) is 29.0 Å². The lowest BCUT2D eigenvalue weighted by Crippen LogP contribution is -2.02. The second-order valence-electron chi connectivity index (χ2n) is 5.08. The molecule has 0 fully saturated rings. The number of nitrogens with zero attached hydrogens (tertiary/aromatic N) is 1. The average Bonchev–Trinajstić information content (AvgIpc) is 2.58. The van der Waals surface area contributed by atoms with Crippen molar-refractivity contribution in [2.24, 2.45) is 0 Å². The molecule has 0 aliphatic carbocycles. The Kier molecular flexibility index (Phi) is 6.74. The van der Waals surface area contributed by atoms with Gasteiger partial charge in [0.05, 0.1) is 30.0 Å². The first-order valence-corrected chi connectivity index (χ1v) is 7.82. The minimum Gasteiger partial charge on any atom is -0.494 e. The van der Waals surface area contributed by atoms with Gasteiger partial charge in [-0.3, -0.25) is 0 Å². The summed E-state index contributed by atoms with van der Waals surface area (Å²) in [7, 11) is 0. The van der Waals surface area contributed by atoms with Gasteiger partial charge in [0, 0.05) is 13.0 Å². The van der Waals surface area contributed by atoms with E-state index >= 15 is 0 Å². The first kappa shape index (κ1) is 17.1. The Morgan fingerprint density at radius 3 is 2.83 bits per heavy atom. The van der Waals surface area contributed by atoms with Crippen molar-refractivity contribution in [2.75, 3.05) is 11.9 Å². The summed E-state index contributed by atoms with van der Waals surface area (Å²) in [5.74, 6) is 0.789. The fraction of sp³-hybridized carbons (Fsp3) is 0.278. The van der Waals surface area contributed by atoms with Gasteiger partial charge in [0.25, 0.3) is 0 Å². The SMILES string of the molecule is N#CCCCOc1cccc(CNc2cc(CO)ccc2Cl)c1. The van der Waals surface area contributed by atoms with Crippen LogP contribution in [-0.4, -0.2) is 11.7 Å². The van der Waals surface area contributed by atoms with Crippen LogP contribution in [0.2, 0.25) is 5.02 Å². The lowest BCUT2D eigenvalue weighted by molar-refractivity contribution is 0.282. The first-order valence-electron chi connectivity index (χ1n) is 7.45. The van der Waals surface area contributed by atoms with Crippen molar-refractivity contribution in [1.82, 2.24) is 0 Å². The molecule has 2 aromatic carbocycles. The molecule has 0 radical (unpaired) electrons. The van der Waals surface area contributed by atoms with Crippen LogP contribution in [0.1, 0.15) is 24.0 Å². The Hall–Kier alpha value is -2.22. The number of hydrogen-bond donors (Lipinski definition) is 2. The van der Waals surface area contributed by atoms with E-state index in [2.05, 4.69) is 11.4 Å². The molecule has 23 heavy (non-hydrogen) atoms. The molecule has 120 valence electrons. The Morgan fingerprint density at radius 1 is 1.17 bits per heavy atom. The summed E-state index contributed by atoms with van der Waals surface area (Å²) in [6.45, 7) is 1.12. The maximum Gasteiger partial charge on any atom is 0.119 e. The van der Waals surface area contributed by atoms with Gasteiger partial charge in [-0.05, 0) is 41.8 Å². The number of hydrogen-bond acceptors (Lipinski definition) is 4. The Balaban J connectivity index is 1.94. The summed E-state index contributed by atoms with van der Waals surface area (Å²) in [6.07, 6.45) is 1.23. The van der Waals surface area contributed by atoms with E-state index in [0.29, 0.717) is 24.6 Å². The zero-order valence-corrected chi connectivity index (χ0v) is 13.5. The molecule has 0 saturated carbocycles. The van der Waals surface area contributed by atoms with E-state index in [1.54, 1.807) is 12.1 Å². The third-order valence-corrected chi connectivity index (χ3v) is 3.63. The lowest BCUT2D eigenvalue weighted by Gasteiger charge is -2.11. The van der Waals surface area contributed by atoms with Gasteiger partial charge in [0.2, 0.25) is 0 Å². The van der Waals surface area contributed by atoms with Crippen LogP contribution in [0.4, 0.5) is 5.69 Å². The molecule has 4 nitrogen and oxygen atoms in total. The van der Waals surface area contributed by atoms with Crippen molar-refractivity contribution in [1.29, 1.82) is 5.26 Å². The van der Waals surface area contributed by atoms with E-state index in [1.807, 2.05) is 30.3 Å². The Morgan fingerprint density at radius 2 is 2.04 bits per heavy atom. The van der Waals surface area contributed by atoms with Gasteiger partial charge in [0.1, 0.15) is 5.75 Å². The van der Waals surface area contributed by atoms with E-state index in [1.165, 1.54) is 0 Å². The quantitative estimate of drug-likeness (QED) is 0.714. The summed E-state index contributed by atoms with van der Waals surface area (Å²) in [6, 6.07) is 15.3. The highest BCUT2D eigenvalue weighted by atomic mass is 35.5. The number of benzene rings is 2. The predicted octanol–water partition coefficient (Wildman–Crippen LogP) is 4.13. The summed E-state index contributed by atoms with van der Waals surface area (Å²) in [5, 5.41) is 21.6. The molecule has 0 aliphatic heterocycles. The zero-order chi connectivity index (χ0) is 16.5. The van der Waals surface area contributed by atoms with Crippen LogP contribution in [0.5, 0.6) is 5.75 Å². The van der Waals surface area contributed by atoms with Gasteiger partial charge in [-0.25, -0.2) is 0 Å². The standard InChI is InChI=1S/C18H19ClN2O2/c19-17-7-6-15(13-22)11-18(17)21-12-14-4-3-5-16(10-14)23-9-2-1-8-20/h3-7,10-11,21-22H,1-2,9,12-13H2. The van der Waals surface area contributed by atoms with Crippen molar-refractivity contribution in [3.8, 4) is 11.8 Å². The molecule has 0 heterocycles. The van der Waals surface area contributed by atoms with Crippen molar-refractivity contribution in [2.45, 2.75) is 26.0 Å². The molecule has 0 aliphatic rings. The number of ether oxygens (including phenoxy) is 1. The maximum atomic E-state index is 9.19. The first-order chi connectivity index (χ1) is 11.2. The van der Waals surface area contributed by atoms with Crippen LogP contribution in [-0.2, 0) is 13.2 Å². The number of aliphatic hydroxyl groups excluding tert-OH is 1. The number of halogens is 1. The van der Waals surface area contributed by atoms with Gasteiger partial charge in [0.15, 0.2) is 0 Å². The van der Waals surface area contributed by atoms with Crippen molar-refractivity contribution in [3.05, 3.63) is 58.6 Å². The van der Waals surface area contributed by atoms with Crippen LogP contribution in [0, 0.1) is 11.3 Å². The molecule has 2 rings (SSSR count). The molecule has 0 bridgehead atoms. The normalized spacial score (nSPS) is 10.1. The molecule has 0 spiro atoms. The number of nitriles is 1. The smallest absolute Gasteiger partial charge is 0.119 e. The summed E-state index contributed by atoms with van der Waals surface area (Å²) >= 11 is 6.15. The van der Waals surface area contributed by atoms with E-state index in [9.17, 15) is 5.11 Å².